The van der Waals surface area contributed by atoms with Crippen molar-refractivity contribution in [2.75, 3.05) is 5.32 Å². The largest absolute Gasteiger partial charge is 0.340 e. The van der Waals surface area contributed by atoms with E-state index in [1.165, 1.54) is 0 Å². The zero-order valence-corrected chi connectivity index (χ0v) is 12.5. The molecule has 1 atom stereocenters. The highest BCUT2D eigenvalue weighted by atomic mass is 15.0. The molecule has 0 aliphatic rings. The van der Waals surface area contributed by atoms with Crippen LogP contribution in [0.15, 0.2) is 72.8 Å². The summed E-state index contributed by atoms with van der Waals surface area (Å²) in [6, 6.07) is 24.0. The zero-order valence-electron chi connectivity index (χ0n) is 12.5. The number of aromatic nitrogens is 1. The summed E-state index contributed by atoms with van der Waals surface area (Å²) in [5.41, 5.74) is 10.5. The monoisotopic (exact) mass is 289 g/mol. The third-order valence-electron chi connectivity index (χ3n) is 3.67. The summed E-state index contributed by atoms with van der Waals surface area (Å²) in [6.45, 7) is 1.99. The molecule has 0 saturated heterocycles. The molecule has 1 aromatic heterocycles. The summed E-state index contributed by atoms with van der Waals surface area (Å²) in [6.07, 6.45) is 0. The van der Waals surface area contributed by atoms with Gasteiger partial charge in [-0.3, -0.25) is 0 Å². The van der Waals surface area contributed by atoms with E-state index < -0.39 is 0 Å². The van der Waals surface area contributed by atoms with E-state index in [-0.39, 0.29) is 6.04 Å². The highest BCUT2D eigenvalue weighted by Crippen LogP contribution is 2.24. The van der Waals surface area contributed by atoms with Crippen molar-refractivity contribution in [3.8, 4) is 0 Å². The number of hydrogen-bond acceptors (Lipinski definition) is 3. The molecule has 3 nitrogen and oxygen atoms in total. The zero-order chi connectivity index (χ0) is 15.4. The molecule has 0 bridgehead atoms. The maximum absolute atomic E-state index is 6.36. The van der Waals surface area contributed by atoms with Crippen LogP contribution in [-0.4, -0.2) is 4.98 Å². The first-order chi connectivity index (χ1) is 10.7. The number of hydrogen-bond donors (Lipinski definition) is 2. The molecule has 110 valence electrons. The molecule has 0 saturated carbocycles. The summed E-state index contributed by atoms with van der Waals surface area (Å²) < 4.78 is 0. The molecule has 1 unspecified atom stereocenters. The number of nitrogens with zero attached hydrogens (tertiary/aromatic N) is 1. The van der Waals surface area contributed by atoms with Gasteiger partial charge in [-0.2, -0.15) is 0 Å². The van der Waals surface area contributed by atoms with Gasteiger partial charge in [0.2, 0.25) is 0 Å². The Balaban J connectivity index is 1.83. The lowest BCUT2D eigenvalue weighted by Crippen LogP contribution is -2.14. The Morgan fingerprint density at radius 1 is 0.864 bits per heavy atom. The smallest absolute Gasteiger partial charge is 0.130 e. The minimum atomic E-state index is -0.153. The van der Waals surface area contributed by atoms with E-state index in [1.807, 2.05) is 79.7 Å². The predicted molar refractivity (Wildman–Crippen MR) is 91.2 cm³/mol. The van der Waals surface area contributed by atoms with Crippen LogP contribution < -0.4 is 11.1 Å². The van der Waals surface area contributed by atoms with Crippen molar-refractivity contribution in [2.24, 2.45) is 5.73 Å². The summed E-state index contributed by atoms with van der Waals surface area (Å²) in [7, 11) is 0. The molecule has 3 aromatic rings. The van der Waals surface area contributed by atoms with Crippen LogP contribution in [0.4, 0.5) is 11.5 Å². The average molecular weight is 289 g/mol. The SMILES string of the molecule is Cc1nc(Nc2ccccc2)ccc1C(N)c1ccccc1. The van der Waals surface area contributed by atoms with Crippen LogP contribution in [-0.2, 0) is 0 Å². The van der Waals surface area contributed by atoms with E-state index in [2.05, 4.69) is 10.3 Å². The summed E-state index contributed by atoms with van der Waals surface area (Å²) in [5.74, 6) is 0.827. The van der Waals surface area contributed by atoms with Crippen molar-refractivity contribution in [1.29, 1.82) is 0 Å². The lowest BCUT2D eigenvalue weighted by molar-refractivity contribution is 0.849. The van der Waals surface area contributed by atoms with Crippen molar-refractivity contribution in [1.82, 2.24) is 4.98 Å². The van der Waals surface area contributed by atoms with Gasteiger partial charge >= 0.3 is 0 Å². The van der Waals surface area contributed by atoms with E-state index >= 15 is 0 Å². The Labute approximate surface area is 130 Å². The van der Waals surface area contributed by atoms with E-state index in [9.17, 15) is 0 Å². The minimum absolute atomic E-state index is 0.153. The van der Waals surface area contributed by atoms with Gasteiger partial charge in [-0.15, -0.1) is 0 Å². The summed E-state index contributed by atoms with van der Waals surface area (Å²) in [4.78, 5) is 4.62. The first kappa shape index (κ1) is 14.3. The van der Waals surface area contributed by atoms with E-state index in [4.69, 9.17) is 5.73 Å². The van der Waals surface area contributed by atoms with Gasteiger partial charge in [-0.1, -0.05) is 54.6 Å². The summed E-state index contributed by atoms with van der Waals surface area (Å²) >= 11 is 0. The second kappa shape index (κ2) is 6.41. The molecule has 0 fully saturated rings. The predicted octanol–water partition coefficient (Wildman–Crippen LogP) is 4.18. The third kappa shape index (κ3) is 3.15. The maximum atomic E-state index is 6.36. The van der Waals surface area contributed by atoms with Crippen LogP contribution >= 0.6 is 0 Å². The van der Waals surface area contributed by atoms with Gasteiger partial charge in [0.1, 0.15) is 5.82 Å². The van der Waals surface area contributed by atoms with Crippen molar-refractivity contribution >= 4 is 11.5 Å². The second-order valence-electron chi connectivity index (χ2n) is 5.25. The average Bonchev–Trinajstić information content (AvgIpc) is 2.56. The third-order valence-corrected chi connectivity index (χ3v) is 3.67. The van der Waals surface area contributed by atoms with Crippen LogP contribution in [0.2, 0.25) is 0 Å². The minimum Gasteiger partial charge on any atom is -0.340 e. The summed E-state index contributed by atoms with van der Waals surface area (Å²) in [5, 5.41) is 3.30. The van der Waals surface area contributed by atoms with Crippen molar-refractivity contribution in [3.05, 3.63) is 89.6 Å². The molecule has 0 radical (unpaired) electrons. The number of aryl methyl sites for hydroxylation is 1. The van der Waals surface area contributed by atoms with Gasteiger partial charge in [0, 0.05) is 11.4 Å². The van der Waals surface area contributed by atoms with Gasteiger partial charge < -0.3 is 11.1 Å². The molecule has 3 heteroatoms. The van der Waals surface area contributed by atoms with E-state index in [0.29, 0.717) is 0 Å². The number of benzene rings is 2. The number of nitrogens with two attached hydrogens (primary N) is 1. The first-order valence-electron chi connectivity index (χ1n) is 7.34. The van der Waals surface area contributed by atoms with Crippen molar-refractivity contribution in [3.63, 3.8) is 0 Å². The second-order valence-corrected chi connectivity index (χ2v) is 5.25. The van der Waals surface area contributed by atoms with E-state index in [0.717, 1.165) is 28.3 Å². The number of rotatable bonds is 4. The first-order valence-corrected chi connectivity index (χ1v) is 7.34. The molecule has 0 aliphatic heterocycles. The fourth-order valence-corrected chi connectivity index (χ4v) is 2.48. The normalized spacial score (nSPS) is 11.9. The molecule has 3 rings (SSSR count). The quantitative estimate of drug-likeness (QED) is 0.757. The molecule has 0 amide bonds. The number of nitrogens with one attached hydrogen (secondary N) is 1. The topological polar surface area (TPSA) is 50.9 Å². The number of anilines is 2. The molecule has 2 aromatic carbocycles. The maximum Gasteiger partial charge on any atom is 0.130 e. The Bertz CT molecular complexity index is 739. The molecular formula is C19H19N3. The molecular weight excluding hydrogens is 270 g/mol. The Morgan fingerprint density at radius 3 is 2.14 bits per heavy atom. The molecule has 1 heterocycles. The van der Waals surface area contributed by atoms with E-state index in [1.54, 1.807) is 0 Å². The van der Waals surface area contributed by atoms with Gasteiger partial charge in [-0.25, -0.2) is 4.98 Å². The highest BCUT2D eigenvalue weighted by Gasteiger charge is 2.12. The van der Waals surface area contributed by atoms with Crippen LogP contribution in [0.1, 0.15) is 22.9 Å². The highest BCUT2D eigenvalue weighted by molar-refractivity contribution is 5.56. The van der Waals surface area contributed by atoms with Crippen LogP contribution in [0, 0.1) is 6.92 Å². The molecule has 22 heavy (non-hydrogen) atoms. The molecule has 3 N–H and O–H groups in total. The number of para-hydroxylation sites is 1. The van der Waals surface area contributed by atoms with Crippen molar-refractivity contribution in [2.45, 2.75) is 13.0 Å². The number of pyridine rings is 1. The van der Waals surface area contributed by atoms with Gasteiger partial charge in [-0.05, 0) is 36.2 Å². The van der Waals surface area contributed by atoms with Crippen LogP contribution in [0.5, 0.6) is 0 Å². The van der Waals surface area contributed by atoms with Crippen LogP contribution in [0.3, 0.4) is 0 Å². The molecule has 0 spiro atoms. The fourth-order valence-electron chi connectivity index (χ4n) is 2.48. The molecule has 0 aliphatic carbocycles. The van der Waals surface area contributed by atoms with Gasteiger partial charge in [0.25, 0.3) is 0 Å². The Kier molecular flexibility index (Phi) is 4.17. The Morgan fingerprint density at radius 2 is 1.50 bits per heavy atom. The Hall–Kier alpha value is -2.65. The lowest BCUT2D eigenvalue weighted by atomic mass is 9.98. The van der Waals surface area contributed by atoms with Gasteiger partial charge in [0.05, 0.1) is 6.04 Å². The van der Waals surface area contributed by atoms with Crippen molar-refractivity contribution < 1.29 is 0 Å². The fraction of sp³-hybridized carbons (Fsp3) is 0.105. The lowest BCUT2D eigenvalue weighted by Gasteiger charge is -2.16. The van der Waals surface area contributed by atoms with Crippen LogP contribution in [0.25, 0.3) is 0 Å². The standard InChI is InChI=1S/C19H19N3/c1-14-17(19(20)15-8-4-2-5-9-15)12-13-18(21-14)22-16-10-6-3-7-11-16/h2-13,19H,20H2,1H3,(H,21,22). The van der Waals surface area contributed by atoms with Gasteiger partial charge in [0.15, 0.2) is 0 Å².